The van der Waals surface area contributed by atoms with Crippen molar-refractivity contribution in [2.45, 2.75) is 0 Å². The maximum absolute atomic E-state index is 11.9. The van der Waals surface area contributed by atoms with Crippen LogP contribution in [0.25, 0.3) is 0 Å². The van der Waals surface area contributed by atoms with Gasteiger partial charge >= 0.3 is 0 Å². The Morgan fingerprint density at radius 3 is 2.82 bits per heavy atom. The van der Waals surface area contributed by atoms with Crippen molar-refractivity contribution in [1.82, 2.24) is 5.43 Å². The predicted molar refractivity (Wildman–Crippen MR) is 77.4 cm³/mol. The minimum atomic E-state index is -0.634. The summed E-state index contributed by atoms with van der Waals surface area (Å²) in [4.78, 5) is 11.9. The zero-order valence-electron chi connectivity index (χ0n) is 11.3. The molecule has 1 amide bonds. The van der Waals surface area contributed by atoms with E-state index in [2.05, 4.69) is 10.5 Å². The van der Waals surface area contributed by atoms with Crippen molar-refractivity contribution in [3.63, 3.8) is 0 Å². The number of hydrazone groups is 1. The number of nitrogens with one attached hydrogen (secondary N) is 1. The summed E-state index contributed by atoms with van der Waals surface area (Å²) < 4.78 is 10.4. The van der Waals surface area contributed by atoms with Crippen LogP contribution in [0.3, 0.4) is 0 Å². The van der Waals surface area contributed by atoms with E-state index in [1.54, 1.807) is 18.2 Å². The van der Waals surface area contributed by atoms with Crippen molar-refractivity contribution in [2.75, 3.05) is 6.79 Å². The van der Waals surface area contributed by atoms with Crippen molar-refractivity contribution >= 4 is 12.1 Å². The first-order chi connectivity index (χ1) is 10.6. The molecule has 3 rings (SSSR count). The van der Waals surface area contributed by atoms with E-state index in [9.17, 15) is 15.0 Å². The van der Waals surface area contributed by atoms with Crippen LogP contribution in [0.5, 0.6) is 23.0 Å². The summed E-state index contributed by atoms with van der Waals surface area (Å²) in [5.74, 6) is 0.272. The number of fused-ring (bicyclic) bond motifs is 1. The Morgan fingerprint density at radius 1 is 1.14 bits per heavy atom. The van der Waals surface area contributed by atoms with Gasteiger partial charge in [0.05, 0.1) is 11.8 Å². The SMILES string of the molecule is O=C(NN=Cc1ccc2c(c1)OCO2)c1cc(O)ccc1O. The van der Waals surface area contributed by atoms with Crippen LogP contribution in [0.15, 0.2) is 41.5 Å². The van der Waals surface area contributed by atoms with Crippen LogP contribution in [0, 0.1) is 0 Å². The van der Waals surface area contributed by atoms with E-state index in [0.717, 1.165) is 6.07 Å². The maximum Gasteiger partial charge on any atom is 0.275 e. The fraction of sp³-hybridized carbons (Fsp3) is 0.0667. The van der Waals surface area contributed by atoms with Gasteiger partial charge in [-0.25, -0.2) is 5.43 Å². The number of amides is 1. The summed E-state index contributed by atoms with van der Waals surface area (Å²) >= 11 is 0. The van der Waals surface area contributed by atoms with Gasteiger partial charge in [-0.05, 0) is 42.0 Å². The largest absolute Gasteiger partial charge is 0.508 e. The van der Waals surface area contributed by atoms with Gasteiger partial charge in [-0.2, -0.15) is 5.10 Å². The lowest BCUT2D eigenvalue weighted by Crippen LogP contribution is -2.17. The fourth-order valence-corrected chi connectivity index (χ4v) is 1.92. The normalized spacial score (nSPS) is 12.5. The second-order valence-corrected chi connectivity index (χ2v) is 4.51. The summed E-state index contributed by atoms with van der Waals surface area (Å²) in [5.41, 5.74) is 2.92. The molecule has 1 aliphatic rings. The zero-order chi connectivity index (χ0) is 15.5. The van der Waals surface area contributed by atoms with E-state index >= 15 is 0 Å². The molecule has 3 N–H and O–H groups in total. The number of ether oxygens (including phenoxy) is 2. The Bertz CT molecular complexity index is 758. The summed E-state index contributed by atoms with van der Waals surface area (Å²) in [6, 6.07) is 8.89. The van der Waals surface area contributed by atoms with Crippen molar-refractivity contribution in [1.29, 1.82) is 0 Å². The molecule has 7 heteroatoms. The van der Waals surface area contributed by atoms with Gasteiger partial charge in [0.15, 0.2) is 11.5 Å². The van der Waals surface area contributed by atoms with Gasteiger partial charge in [-0.15, -0.1) is 0 Å². The lowest BCUT2D eigenvalue weighted by molar-refractivity contribution is 0.0952. The first-order valence-corrected chi connectivity index (χ1v) is 6.38. The van der Waals surface area contributed by atoms with Crippen molar-refractivity contribution in [3.8, 4) is 23.0 Å². The van der Waals surface area contributed by atoms with E-state index in [4.69, 9.17) is 9.47 Å². The number of phenolic OH excluding ortho intramolecular Hbond substituents is 2. The highest BCUT2D eigenvalue weighted by Crippen LogP contribution is 2.31. The number of benzene rings is 2. The molecule has 0 saturated heterocycles. The molecule has 112 valence electrons. The minimum absolute atomic E-state index is 0.0668. The first-order valence-electron chi connectivity index (χ1n) is 6.38. The molecule has 0 aromatic heterocycles. The molecule has 2 aromatic rings. The molecule has 0 fully saturated rings. The predicted octanol–water partition coefficient (Wildman–Crippen LogP) is 1.59. The molecule has 0 aliphatic carbocycles. The number of phenols is 2. The van der Waals surface area contributed by atoms with Crippen LogP contribution in [0.2, 0.25) is 0 Å². The molecule has 0 unspecified atom stereocenters. The molecule has 0 atom stereocenters. The maximum atomic E-state index is 11.9. The average Bonchev–Trinajstić information content (AvgIpc) is 2.97. The van der Waals surface area contributed by atoms with Gasteiger partial charge in [0.1, 0.15) is 11.5 Å². The van der Waals surface area contributed by atoms with E-state index in [0.29, 0.717) is 17.1 Å². The third-order valence-corrected chi connectivity index (χ3v) is 3.00. The summed E-state index contributed by atoms with van der Waals surface area (Å²) in [5, 5.41) is 22.7. The molecule has 7 nitrogen and oxygen atoms in total. The molecule has 0 radical (unpaired) electrons. The van der Waals surface area contributed by atoms with Gasteiger partial charge in [0.25, 0.3) is 5.91 Å². The Labute approximate surface area is 125 Å². The highest BCUT2D eigenvalue weighted by molar-refractivity contribution is 5.97. The Balaban J connectivity index is 1.69. The number of hydrogen-bond donors (Lipinski definition) is 3. The lowest BCUT2D eigenvalue weighted by atomic mass is 10.2. The van der Waals surface area contributed by atoms with E-state index in [-0.39, 0.29) is 23.9 Å². The monoisotopic (exact) mass is 300 g/mol. The van der Waals surface area contributed by atoms with Crippen LogP contribution in [-0.2, 0) is 0 Å². The van der Waals surface area contributed by atoms with Gasteiger partial charge in [0.2, 0.25) is 6.79 Å². The minimum Gasteiger partial charge on any atom is -0.508 e. The van der Waals surface area contributed by atoms with Crippen LogP contribution in [0.4, 0.5) is 0 Å². The molecule has 1 heterocycles. The Hall–Kier alpha value is -3.22. The molecule has 22 heavy (non-hydrogen) atoms. The lowest BCUT2D eigenvalue weighted by Gasteiger charge is -2.03. The standard InChI is InChI=1S/C15H12N2O5/c18-10-2-3-12(19)11(6-10)15(20)17-16-7-9-1-4-13-14(5-9)22-8-21-13/h1-7,18-19H,8H2,(H,17,20). The molecule has 1 aliphatic heterocycles. The average molecular weight is 300 g/mol. The number of carbonyl (C=O) groups excluding carboxylic acids is 1. The second kappa shape index (κ2) is 5.65. The van der Waals surface area contributed by atoms with Crippen molar-refractivity contribution < 1.29 is 24.5 Å². The van der Waals surface area contributed by atoms with Gasteiger partial charge < -0.3 is 19.7 Å². The number of nitrogens with zero attached hydrogens (tertiary/aromatic N) is 1. The van der Waals surface area contributed by atoms with E-state index < -0.39 is 5.91 Å². The number of aromatic hydroxyl groups is 2. The quantitative estimate of drug-likeness (QED) is 0.454. The Kier molecular flexibility index (Phi) is 3.53. The van der Waals surface area contributed by atoms with Gasteiger partial charge in [-0.3, -0.25) is 4.79 Å². The highest BCUT2D eigenvalue weighted by Gasteiger charge is 2.13. The first kappa shape index (κ1) is 13.7. The summed E-state index contributed by atoms with van der Waals surface area (Å²) in [6.07, 6.45) is 1.43. The van der Waals surface area contributed by atoms with Gasteiger partial charge in [-0.1, -0.05) is 0 Å². The summed E-state index contributed by atoms with van der Waals surface area (Å²) in [6.45, 7) is 0.184. The molecule has 0 saturated carbocycles. The number of rotatable bonds is 3. The van der Waals surface area contributed by atoms with E-state index in [1.165, 1.54) is 18.3 Å². The van der Waals surface area contributed by atoms with Gasteiger partial charge in [0, 0.05) is 0 Å². The molecule has 2 aromatic carbocycles. The molecule has 0 bridgehead atoms. The third-order valence-electron chi connectivity index (χ3n) is 3.00. The number of hydrogen-bond acceptors (Lipinski definition) is 6. The van der Waals surface area contributed by atoms with Crippen LogP contribution in [-0.4, -0.2) is 29.1 Å². The molecule has 0 spiro atoms. The zero-order valence-corrected chi connectivity index (χ0v) is 11.3. The smallest absolute Gasteiger partial charge is 0.275 e. The van der Waals surface area contributed by atoms with Crippen LogP contribution < -0.4 is 14.9 Å². The van der Waals surface area contributed by atoms with Crippen LogP contribution in [0.1, 0.15) is 15.9 Å². The van der Waals surface area contributed by atoms with Crippen molar-refractivity contribution in [2.24, 2.45) is 5.10 Å². The van der Waals surface area contributed by atoms with Crippen LogP contribution >= 0.6 is 0 Å². The summed E-state index contributed by atoms with van der Waals surface area (Å²) in [7, 11) is 0. The van der Waals surface area contributed by atoms with E-state index in [1.807, 2.05) is 0 Å². The number of carbonyl (C=O) groups is 1. The highest BCUT2D eigenvalue weighted by atomic mass is 16.7. The topological polar surface area (TPSA) is 100 Å². The Morgan fingerprint density at radius 2 is 1.95 bits per heavy atom. The molecular formula is C15H12N2O5. The second-order valence-electron chi connectivity index (χ2n) is 4.51. The fourth-order valence-electron chi connectivity index (χ4n) is 1.92. The van der Waals surface area contributed by atoms with Crippen molar-refractivity contribution in [3.05, 3.63) is 47.5 Å². The molecular weight excluding hydrogens is 288 g/mol. The third kappa shape index (κ3) is 2.78.